The van der Waals surface area contributed by atoms with Crippen LogP contribution < -0.4 is 0 Å². The molecule has 0 aliphatic carbocycles. The van der Waals surface area contributed by atoms with Gasteiger partial charge in [-0.05, 0) is 0 Å². The van der Waals surface area contributed by atoms with Gasteiger partial charge < -0.3 is 0 Å². The van der Waals surface area contributed by atoms with Gasteiger partial charge in [0, 0.05) is 0 Å². The van der Waals surface area contributed by atoms with Gasteiger partial charge in [0.2, 0.25) is 0 Å². The predicted octanol–water partition coefficient (Wildman–Crippen LogP) is 2.39. The van der Waals surface area contributed by atoms with Crippen molar-refractivity contribution in [1.82, 2.24) is 0 Å². The van der Waals surface area contributed by atoms with Crippen molar-refractivity contribution < 1.29 is 18.3 Å². The van der Waals surface area contributed by atoms with E-state index in [1.807, 2.05) is 0 Å². The van der Waals surface area contributed by atoms with E-state index in [1.165, 1.54) is 29.7 Å². The second kappa shape index (κ2) is 2.82. The Bertz CT molecular complexity index is 42.6. The van der Waals surface area contributed by atoms with E-state index in [-0.39, 0.29) is 0 Å². The van der Waals surface area contributed by atoms with E-state index in [0.29, 0.717) is 5.41 Å². The van der Waals surface area contributed by atoms with Crippen LogP contribution in [0.4, 0.5) is 0 Å². The molecule has 0 unspecified atom stereocenters. The molecule has 0 radical (unpaired) electrons. The summed E-state index contributed by atoms with van der Waals surface area (Å²) in [5.74, 6) is 0. The van der Waals surface area contributed by atoms with E-state index in [2.05, 4.69) is 20.8 Å². The zero-order valence-corrected chi connectivity index (χ0v) is 8.59. The molecule has 0 amide bonds. The van der Waals surface area contributed by atoms with Crippen molar-refractivity contribution in [1.29, 1.82) is 0 Å². The fourth-order valence-electron chi connectivity index (χ4n) is 0.530. The van der Waals surface area contributed by atoms with Gasteiger partial charge in [0.15, 0.2) is 0 Å². The summed E-state index contributed by atoms with van der Waals surface area (Å²) < 4.78 is 0. The van der Waals surface area contributed by atoms with E-state index in [9.17, 15) is 0 Å². The number of hydrogen-bond donors (Lipinski definition) is 0. The van der Waals surface area contributed by atoms with Gasteiger partial charge in [-0.3, -0.25) is 0 Å². The van der Waals surface area contributed by atoms with Crippen LogP contribution in [-0.4, -0.2) is 0 Å². The molecular formula is C6H13Zn. The Morgan fingerprint density at radius 1 is 1.29 bits per heavy atom. The van der Waals surface area contributed by atoms with Gasteiger partial charge in [-0.1, -0.05) is 0 Å². The molecule has 7 heavy (non-hydrogen) atoms. The predicted molar refractivity (Wildman–Crippen MR) is 28.9 cm³/mol. The minimum atomic E-state index is 0.582. The zero-order valence-electron chi connectivity index (χ0n) is 5.62. The molecule has 39 valence electrons. The van der Waals surface area contributed by atoms with Gasteiger partial charge in [-0.15, -0.1) is 0 Å². The van der Waals surface area contributed by atoms with Crippen LogP contribution in [0, 0.1) is 5.41 Å². The Kier molecular flexibility index (Phi) is 3.07. The van der Waals surface area contributed by atoms with Crippen molar-refractivity contribution in [3.05, 3.63) is 0 Å². The van der Waals surface area contributed by atoms with Gasteiger partial charge >= 0.3 is 55.9 Å². The molecule has 0 N–H and O–H groups in total. The molecule has 0 aromatic rings. The van der Waals surface area contributed by atoms with E-state index in [4.69, 9.17) is 0 Å². The van der Waals surface area contributed by atoms with Crippen molar-refractivity contribution in [2.45, 2.75) is 32.2 Å². The van der Waals surface area contributed by atoms with Gasteiger partial charge in [0.1, 0.15) is 0 Å². The summed E-state index contributed by atoms with van der Waals surface area (Å²) in [6.07, 6.45) is 1.40. The number of hydrogen-bond acceptors (Lipinski definition) is 0. The van der Waals surface area contributed by atoms with Crippen LogP contribution in [0.25, 0.3) is 0 Å². The maximum atomic E-state index is 2.29. The second-order valence-corrected chi connectivity index (χ2v) is 4.65. The Hall–Kier alpha value is 0.623. The quantitative estimate of drug-likeness (QED) is 0.504. The topological polar surface area (TPSA) is 0 Å². The molecule has 0 aromatic carbocycles. The number of rotatable bonds is 1. The molecule has 0 aromatic heterocycles. The van der Waals surface area contributed by atoms with Crippen LogP contribution >= 0.6 is 0 Å². The SMILES string of the molecule is CC(C)(C)C[CH2][Zn]. The van der Waals surface area contributed by atoms with E-state index >= 15 is 0 Å². The first-order chi connectivity index (χ1) is 3.06. The fourth-order valence-corrected chi connectivity index (χ4v) is 2.76. The molecule has 0 heterocycles. The standard InChI is InChI=1S/C6H13.Zn/c1-5-6(2,3)4;/h1,5H2,2-4H3;. The first-order valence-corrected chi connectivity index (χ1v) is 4.95. The third-order valence-corrected chi connectivity index (χ3v) is 1.67. The van der Waals surface area contributed by atoms with Crippen LogP contribution in [0.2, 0.25) is 5.02 Å². The Morgan fingerprint density at radius 3 is 1.71 bits per heavy atom. The molecule has 1 heteroatoms. The van der Waals surface area contributed by atoms with Crippen molar-refractivity contribution in [2.24, 2.45) is 5.41 Å². The Labute approximate surface area is 56.4 Å². The molecule has 0 aliphatic heterocycles. The second-order valence-electron chi connectivity index (χ2n) is 3.16. The average molecular weight is 151 g/mol. The van der Waals surface area contributed by atoms with Gasteiger partial charge in [0.25, 0.3) is 0 Å². The fraction of sp³-hybridized carbons (Fsp3) is 1.00. The zero-order chi connectivity index (χ0) is 5.91. The summed E-state index contributed by atoms with van der Waals surface area (Å²) >= 11 is 1.46. The average Bonchev–Trinajstić information content (AvgIpc) is 1.30. The molecule has 0 fully saturated rings. The molecule has 0 saturated carbocycles. The summed E-state index contributed by atoms with van der Waals surface area (Å²) in [5, 5.41) is 1.43. The summed E-state index contributed by atoms with van der Waals surface area (Å²) in [5.41, 5.74) is 0.582. The van der Waals surface area contributed by atoms with Crippen LogP contribution in [-0.2, 0) is 18.3 Å². The minimum absolute atomic E-state index is 0.582. The van der Waals surface area contributed by atoms with Crippen molar-refractivity contribution in [3.8, 4) is 0 Å². The van der Waals surface area contributed by atoms with E-state index < -0.39 is 0 Å². The maximum absolute atomic E-state index is 2.29. The molecule has 0 atom stereocenters. The van der Waals surface area contributed by atoms with Crippen LogP contribution in [0.15, 0.2) is 0 Å². The molecule has 0 rings (SSSR count). The summed E-state index contributed by atoms with van der Waals surface area (Å²) in [7, 11) is 0. The Balaban J connectivity index is 3.15. The van der Waals surface area contributed by atoms with E-state index in [1.54, 1.807) is 0 Å². The van der Waals surface area contributed by atoms with Crippen molar-refractivity contribution >= 4 is 0 Å². The molecular weight excluding hydrogens is 137 g/mol. The van der Waals surface area contributed by atoms with Gasteiger partial charge in [0.05, 0.1) is 0 Å². The van der Waals surface area contributed by atoms with Crippen molar-refractivity contribution in [3.63, 3.8) is 0 Å². The summed E-state index contributed by atoms with van der Waals surface area (Å²) in [6, 6.07) is 0. The summed E-state index contributed by atoms with van der Waals surface area (Å²) in [6.45, 7) is 6.88. The molecule has 0 nitrogen and oxygen atoms in total. The molecule has 0 bridgehead atoms. The third kappa shape index (κ3) is 6.62. The normalized spacial score (nSPS) is 12.1. The first-order valence-electron chi connectivity index (χ1n) is 2.85. The Morgan fingerprint density at radius 2 is 1.71 bits per heavy atom. The van der Waals surface area contributed by atoms with Crippen LogP contribution in [0.3, 0.4) is 0 Å². The van der Waals surface area contributed by atoms with Gasteiger partial charge in [-0.25, -0.2) is 0 Å². The van der Waals surface area contributed by atoms with Crippen LogP contribution in [0.1, 0.15) is 27.2 Å². The molecule has 0 spiro atoms. The van der Waals surface area contributed by atoms with Gasteiger partial charge in [-0.2, -0.15) is 0 Å². The monoisotopic (exact) mass is 149 g/mol. The molecule has 0 saturated heterocycles. The summed E-state index contributed by atoms with van der Waals surface area (Å²) in [4.78, 5) is 0. The van der Waals surface area contributed by atoms with Crippen LogP contribution in [0.5, 0.6) is 0 Å². The van der Waals surface area contributed by atoms with E-state index in [0.717, 1.165) is 0 Å². The van der Waals surface area contributed by atoms with Crippen molar-refractivity contribution in [2.75, 3.05) is 0 Å². The third-order valence-electron chi connectivity index (χ3n) is 0.927. The molecule has 0 aliphatic rings. The first kappa shape index (κ1) is 7.62.